The van der Waals surface area contributed by atoms with Crippen LogP contribution in [0, 0.1) is 0 Å². The van der Waals surface area contributed by atoms with Crippen molar-refractivity contribution in [2.75, 3.05) is 5.32 Å². The number of rotatable bonds is 4. The van der Waals surface area contributed by atoms with Crippen LogP contribution in [0.25, 0.3) is 11.1 Å². The molecule has 0 atom stereocenters. The maximum atomic E-state index is 12.4. The second kappa shape index (κ2) is 7.60. The van der Waals surface area contributed by atoms with Crippen molar-refractivity contribution in [3.63, 3.8) is 0 Å². The summed E-state index contributed by atoms with van der Waals surface area (Å²) in [7, 11) is 0. The molecule has 3 aromatic rings. The highest BCUT2D eigenvalue weighted by molar-refractivity contribution is 6.37. The minimum atomic E-state index is -1.14. The largest absolute Gasteiger partial charge is 0.478 e. The lowest BCUT2D eigenvalue weighted by Gasteiger charge is -2.11. The summed E-state index contributed by atoms with van der Waals surface area (Å²) in [5.41, 5.74) is 2.01. The van der Waals surface area contributed by atoms with Crippen molar-refractivity contribution in [2.24, 2.45) is 0 Å². The third-order valence-electron chi connectivity index (χ3n) is 3.78. The van der Waals surface area contributed by atoms with Gasteiger partial charge in [0.05, 0.1) is 21.8 Å². The minimum Gasteiger partial charge on any atom is -0.478 e. The number of anilines is 1. The van der Waals surface area contributed by atoms with E-state index < -0.39 is 11.9 Å². The zero-order valence-corrected chi connectivity index (χ0v) is 14.9. The molecule has 0 aliphatic rings. The second-order valence-electron chi connectivity index (χ2n) is 5.51. The van der Waals surface area contributed by atoms with E-state index in [1.807, 2.05) is 30.3 Å². The van der Waals surface area contributed by atoms with Crippen LogP contribution in [0.3, 0.4) is 0 Å². The molecule has 4 nitrogen and oxygen atoms in total. The third-order valence-corrected chi connectivity index (χ3v) is 4.33. The summed E-state index contributed by atoms with van der Waals surface area (Å²) in [4.78, 5) is 24.1. The maximum absolute atomic E-state index is 12.4. The first-order valence-corrected chi connectivity index (χ1v) is 8.40. The highest BCUT2D eigenvalue weighted by Crippen LogP contribution is 2.27. The van der Waals surface area contributed by atoms with Gasteiger partial charge in [-0.25, -0.2) is 4.79 Å². The van der Waals surface area contributed by atoms with Crippen LogP contribution in [0.15, 0.2) is 66.7 Å². The molecule has 0 saturated carbocycles. The molecule has 0 bridgehead atoms. The molecule has 3 rings (SSSR count). The van der Waals surface area contributed by atoms with Gasteiger partial charge in [0.25, 0.3) is 5.91 Å². The molecule has 3 aromatic carbocycles. The molecule has 2 N–H and O–H groups in total. The molecule has 0 spiro atoms. The maximum Gasteiger partial charge on any atom is 0.337 e. The zero-order chi connectivity index (χ0) is 18.7. The SMILES string of the molecule is O=C(Nc1ccc(-c2ccccc2)cc1C(=O)O)c1ccc(Cl)cc1Cl. The lowest BCUT2D eigenvalue weighted by Crippen LogP contribution is -2.15. The number of aromatic carboxylic acids is 1. The summed E-state index contributed by atoms with van der Waals surface area (Å²) in [5.74, 6) is -1.65. The predicted molar refractivity (Wildman–Crippen MR) is 103 cm³/mol. The Morgan fingerprint density at radius 2 is 1.54 bits per heavy atom. The molecule has 0 aliphatic carbocycles. The first kappa shape index (κ1) is 18.0. The molecule has 0 aliphatic heterocycles. The smallest absolute Gasteiger partial charge is 0.337 e. The molecule has 0 aromatic heterocycles. The molecule has 0 fully saturated rings. The molecule has 26 heavy (non-hydrogen) atoms. The van der Waals surface area contributed by atoms with Crippen LogP contribution in [0.1, 0.15) is 20.7 Å². The van der Waals surface area contributed by atoms with E-state index in [1.165, 1.54) is 18.2 Å². The van der Waals surface area contributed by atoms with E-state index in [0.29, 0.717) is 5.02 Å². The summed E-state index contributed by atoms with van der Waals surface area (Å²) < 4.78 is 0. The van der Waals surface area contributed by atoms with Crippen LogP contribution in [0.5, 0.6) is 0 Å². The number of hydrogen-bond acceptors (Lipinski definition) is 2. The number of carbonyl (C=O) groups excluding carboxylic acids is 1. The van der Waals surface area contributed by atoms with Crippen LogP contribution in [0.4, 0.5) is 5.69 Å². The molecule has 0 saturated heterocycles. The Kier molecular flexibility index (Phi) is 5.26. The highest BCUT2D eigenvalue weighted by atomic mass is 35.5. The van der Waals surface area contributed by atoms with Gasteiger partial charge in [-0.3, -0.25) is 4.79 Å². The monoisotopic (exact) mass is 385 g/mol. The Labute approximate surface area is 160 Å². The number of carbonyl (C=O) groups is 2. The molecule has 0 radical (unpaired) electrons. The first-order valence-electron chi connectivity index (χ1n) is 7.65. The molecule has 6 heteroatoms. The Hall–Kier alpha value is -2.82. The number of nitrogens with one attached hydrogen (secondary N) is 1. The van der Waals surface area contributed by atoms with E-state index in [1.54, 1.807) is 18.2 Å². The Balaban J connectivity index is 1.94. The number of carboxylic acid groups (broad SMARTS) is 1. The second-order valence-corrected chi connectivity index (χ2v) is 6.35. The van der Waals surface area contributed by atoms with Gasteiger partial charge in [0.2, 0.25) is 0 Å². The fraction of sp³-hybridized carbons (Fsp3) is 0. The van der Waals surface area contributed by atoms with Crippen molar-refractivity contribution in [3.05, 3.63) is 87.9 Å². The van der Waals surface area contributed by atoms with Crippen molar-refractivity contribution >= 4 is 40.8 Å². The van der Waals surface area contributed by atoms with E-state index in [0.717, 1.165) is 11.1 Å². The Bertz CT molecular complexity index is 988. The average molecular weight is 386 g/mol. The van der Waals surface area contributed by atoms with Crippen LogP contribution in [-0.2, 0) is 0 Å². The standard InChI is InChI=1S/C20H13Cl2NO3/c21-14-7-8-15(17(22)11-14)19(24)23-18-9-6-13(10-16(18)20(25)26)12-4-2-1-3-5-12/h1-11H,(H,23,24)(H,25,26). The quantitative estimate of drug-likeness (QED) is 0.613. The van der Waals surface area contributed by atoms with E-state index >= 15 is 0 Å². The van der Waals surface area contributed by atoms with Gasteiger partial charge in [-0.1, -0.05) is 59.6 Å². The number of carboxylic acids is 1. The van der Waals surface area contributed by atoms with Crippen molar-refractivity contribution in [2.45, 2.75) is 0 Å². The van der Waals surface area contributed by atoms with Gasteiger partial charge in [-0.2, -0.15) is 0 Å². The van der Waals surface area contributed by atoms with Crippen molar-refractivity contribution < 1.29 is 14.7 Å². The first-order chi connectivity index (χ1) is 12.5. The van der Waals surface area contributed by atoms with E-state index in [2.05, 4.69) is 5.32 Å². The van der Waals surface area contributed by atoms with E-state index in [4.69, 9.17) is 23.2 Å². The Morgan fingerprint density at radius 3 is 2.19 bits per heavy atom. The highest BCUT2D eigenvalue weighted by Gasteiger charge is 2.16. The van der Waals surface area contributed by atoms with Crippen molar-refractivity contribution in [3.8, 4) is 11.1 Å². The number of hydrogen-bond donors (Lipinski definition) is 2. The van der Waals surface area contributed by atoms with Gasteiger partial charge >= 0.3 is 5.97 Å². The normalized spacial score (nSPS) is 10.4. The fourth-order valence-electron chi connectivity index (χ4n) is 2.50. The summed E-state index contributed by atoms with van der Waals surface area (Å²) in [6.45, 7) is 0. The lowest BCUT2D eigenvalue weighted by atomic mass is 10.0. The van der Waals surface area contributed by atoms with Gasteiger partial charge < -0.3 is 10.4 Å². The molecular formula is C20H13Cl2NO3. The van der Waals surface area contributed by atoms with Gasteiger partial charge in [0.15, 0.2) is 0 Å². The third kappa shape index (κ3) is 3.87. The van der Waals surface area contributed by atoms with E-state index in [-0.39, 0.29) is 21.8 Å². The number of benzene rings is 3. The molecular weight excluding hydrogens is 373 g/mol. The van der Waals surface area contributed by atoms with E-state index in [9.17, 15) is 14.7 Å². The summed E-state index contributed by atoms with van der Waals surface area (Å²) in [5, 5.41) is 12.7. The van der Waals surface area contributed by atoms with Crippen molar-refractivity contribution in [1.82, 2.24) is 0 Å². The van der Waals surface area contributed by atoms with Crippen LogP contribution < -0.4 is 5.32 Å². The predicted octanol–water partition coefficient (Wildman–Crippen LogP) is 5.61. The lowest BCUT2D eigenvalue weighted by molar-refractivity contribution is 0.0698. The molecule has 130 valence electrons. The number of amides is 1. The minimum absolute atomic E-state index is 0.00945. The number of halogens is 2. The van der Waals surface area contributed by atoms with Crippen LogP contribution >= 0.6 is 23.2 Å². The topological polar surface area (TPSA) is 66.4 Å². The van der Waals surface area contributed by atoms with Gasteiger partial charge in [-0.05, 0) is 41.5 Å². The van der Waals surface area contributed by atoms with Gasteiger partial charge in [-0.15, -0.1) is 0 Å². The molecule has 1 amide bonds. The van der Waals surface area contributed by atoms with Gasteiger partial charge in [0, 0.05) is 5.02 Å². The summed E-state index contributed by atoms with van der Waals surface area (Å²) in [6.07, 6.45) is 0. The molecule has 0 heterocycles. The average Bonchev–Trinajstić information content (AvgIpc) is 2.62. The van der Waals surface area contributed by atoms with Crippen LogP contribution in [0.2, 0.25) is 10.0 Å². The summed E-state index contributed by atoms with van der Waals surface area (Å²) in [6, 6.07) is 18.7. The fourth-order valence-corrected chi connectivity index (χ4v) is 3.00. The van der Waals surface area contributed by atoms with Crippen LogP contribution in [-0.4, -0.2) is 17.0 Å². The van der Waals surface area contributed by atoms with Crippen molar-refractivity contribution in [1.29, 1.82) is 0 Å². The molecule has 0 unspecified atom stereocenters. The Morgan fingerprint density at radius 1 is 0.808 bits per heavy atom. The zero-order valence-electron chi connectivity index (χ0n) is 13.4. The summed E-state index contributed by atoms with van der Waals surface area (Å²) >= 11 is 11.9. The van der Waals surface area contributed by atoms with Gasteiger partial charge in [0.1, 0.15) is 0 Å².